The van der Waals surface area contributed by atoms with Crippen LogP contribution < -0.4 is 15.4 Å². The SMILES string of the molecule is CNS(=O)(=O)c1ccc(N)c(N(C)CC(C)O)c1. The second-order valence-electron chi connectivity index (χ2n) is 4.16. The predicted octanol–water partition coefficient (Wildman–Crippen LogP) is -0.00610. The number of nitrogens with one attached hydrogen (secondary N) is 1. The van der Waals surface area contributed by atoms with E-state index in [0.29, 0.717) is 17.9 Å². The van der Waals surface area contributed by atoms with Crippen LogP contribution in [0.25, 0.3) is 0 Å². The van der Waals surface area contributed by atoms with E-state index in [1.165, 1.54) is 25.2 Å². The van der Waals surface area contributed by atoms with Crippen LogP contribution in [0.5, 0.6) is 0 Å². The topological polar surface area (TPSA) is 95.7 Å². The summed E-state index contributed by atoms with van der Waals surface area (Å²) in [5.41, 5.74) is 6.85. The monoisotopic (exact) mass is 273 g/mol. The summed E-state index contributed by atoms with van der Waals surface area (Å²) in [6.07, 6.45) is -0.529. The Bertz CT molecular complexity index is 514. The van der Waals surface area contributed by atoms with Crippen molar-refractivity contribution in [2.45, 2.75) is 17.9 Å². The molecule has 1 aromatic rings. The standard InChI is InChI=1S/C11H19N3O3S/c1-8(15)7-14(3)11-6-9(4-5-10(11)12)18(16,17)13-2/h4-6,8,13,15H,7,12H2,1-3H3. The van der Waals surface area contributed by atoms with Gasteiger partial charge in [0.1, 0.15) is 0 Å². The van der Waals surface area contributed by atoms with E-state index in [-0.39, 0.29) is 4.90 Å². The fourth-order valence-electron chi connectivity index (χ4n) is 1.63. The average molecular weight is 273 g/mol. The zero-order valence-corrected chi connectivity index (χ0v) is 11.5. The van der Waals surface area contributed by atoms with Gasteiger partial charge < -0.3 is 15.7 Å². The Balaban J connectivity index is 3.17. The molecule has 1 rings (SSSR count). The lowest BCUT2D eigenvalue weighted by molar-refractivity contribution is 0.201. The Kier molecular flexibility index (Phi) is 4.55. The molecule has 6 nitrogen and oxygen atoms in total. The lowest BCUT2D eigenvalue weighted by atomic mass is 10.2. The van der Waals surface area contributed by atoms with Crippen LogP contribution in [0.2, 0.25) is 0 Å². The Hall–Kier alpha value is -1.31. The lowest BCUT2D eigenvalue weighted by Gasteiger charge is -2.23. The van der Waals surface area contributed by atoms with E-state index in [4.69, 9.17) is 5.73 Å². The van der Waals surface area contributed by atoms with Gasteiger partial charge in [-0.15, -0.1) is 0 Å². The van der Waals surface area contributed by atoms with E-state index in [0.717, 1.165) is 0 Å². The summed E-state index contributed by atoms with van der Waals surface area (Å²) in [5, 5.41) is 9.34. The molecule has 1 atom stereocenters. The third-order valence-electron chi connectivity index (χ3n) is 2.53. The van der Waals surface area contributed by atoms with Crippen LogP contribution in [0.15, 0.2) is 23.1 Å². The van der Waals surface area contributed by atoms with Crippen molar-refractivity contribution >= 4 is 21.4 Å². The van der Waals surface area contributed by atoms with Gasteiger partial charge in [-0.05, 0) is 32.2 Å². The zero-order chi connectivity index (χ0) is 13.9. The van der Waals surface area contributed by atoms with E-state index < -0.39 is 16.1 Å². The Morgan fingerprint density at radius 2 is 2.11 bits per heavy atom. The molecule has 0 radical (unpaired) electrons. The van der Waals surface area contributed by atoms with Crippen molar-refractivity contribution in [2.24, 2.45) is 0 Å². The number of aliphatic hydroxyl groups excluding tert-OH is 1. The number of nitrogens with two attached hydrogens (primary N) is 1. The minimum atomic E-state index is -3.49. The lowest BCUT2D eigenvalue weighted by Crippen LogP contribution is -2.28. The van der Waals surface area contributed by atoms with Gasteiger partial charge in [0.05, 0.1) is 22.4 Å². The molecule has 0 aliphatic heterocycles. The molecule has 0 aliphatic carbocycles. The molecule has 7 heteroatoms. The van der Waals surface area contributed by atoms with Crippen LogP contribution in [-0.4, -0.2) is 40.3 Å². The van der Waals surface area contributed by atoms with Gasteiger partial charge >= 0.3 is 0 Å². The molecule has 0 spiro atoms. The van der Waals surface area contributed by atoms with Gasteiger partial charge in [-0.3, -0.25) is 0 Å². The summed E-state index contributed by atoms with van der Waals surface area (Å²) < 4.78 is 25.6. The van der Waals surface area contributed by atoms with E-state index in [1.807, 2.05) is 0 Å². The van der Waals surface area contributed by atoms with Crippen molar-refractivity contribution in [3.05, 3.63) is 18.2 Å². The molecule has 0 aromatic heterocycles. The number of likely N-dealkylation sites (N-methyl/N-ethyl adjacent to an activating group) is 1. The Labute approximate surface area is 107 Å². The first kappa shape index (κ1) is 14.7. The molecular weight excluding hydrogens is 254 g/mol. The quantitative estimate of drug-likeness (QED) is 0.656. The minimum absolute atomic E-state index is 0.145. The highest BCUT2D eigenvalue weighted by atomic mass is 32.2. The minimum Gasteiger partial charge on any atom is -0.397 e. The number of rotatable bonds is 5. The third kappa shape index (κ3) is 3.34. The van der Waals surface area contributed by atoms with Gasteiger partial charge in [0.15, 0.2) is 0 Å². The third-order valence-corrected chi connectivity index (χ3v) is 3.94. The van der Waals surface area contributed by atoms with Crippen molar-refractivity contribution in [3.63, 3.8) is 0 Å². The van der Waals surface area contributed by atoms with Crippen LogP contribution in [0.1, 0.15) is 6.92 Å². The second kappa shape index (κ2) is 5.55. The van der Waals surface area contributed by atoms with E-state index in [2.05, 4.69) is 4.72 Å². The number of nitrogens with zero attached hydrogens (tertiary/aromatic N) is 1. The highest BCUT2D eigenvalue weighted by molar-refractivity contribution is 7.89. The molecule has 0 saturated carbocycles. The van der Waals surface area contributed by atoms with Crippen LogP contribution in [0, 0.1) is 0 Å². The molecule has 1 aromatic carbocycles. The molecule has 0 bridgehead atoms. The van der Waals surface area contributed by atoms with Crippen LogP contribution >= 0.6 is 0 Å². The molecule has 0 amide bonds. The van der Waals surface area contributed by atoms with Crippen LogP contribution in [0.3, 0.4) is 0 Å². The Morgan fingerprint density at radius 3 is 2.61 bits per heavy atom. The largest absolute Gasteiger partial charge is 0.397 e. The number of aliphatic hydroxyl groups is 1. The molecule has 4 N–H and O–H groups in total. The maximum Gasteiger partial charge on any atom is 0.240 e. The fourth-order valence-corrected chi connectivity index (χ4v) is 2.38. The van der Waals surface area contributed by atoms with Gasteiger partial charge in [-0.2, -0.15) is 0 Å². The summed E-state index contributed by atoms with van der Waals surface area (Å²) in [6.45, 7) is 2.02. The number of benzene rings is 1. The van der Waals surface area contributed by atoms with Crippen molar-refractivity contribution in [2.75, 3.05) is 31.3 Å². The average Bonchev–Trinajstić information content (AvgIpc) is 2.28. The molecule has 0 aliphatic rings. The molecule has 18 heavy (non-hydrogen) atoms. The van der Waals surface area contributed by atoms with Crippen molar-refractivity contribution in [3.8, 4) is 0 Å². The maximum absolute atomic E-state index is 11.7. The number of anilines is 2. The van der Waals surface area contributed by atoms with Gasteiger partial charge in [-0.25, -0.2) is 13.1 Å². The van der Waals surface area contributed by atoms with Gasteiger partial charge in [-0.1, -0.05) is 0 Å². The molecular formula is C11H19N3O3S. The normalized spacial score (nSPS) is 13.3. The van der Waals surface area contributed by atoms with E-state index >= 15 is 0 Å². The van der Waals surface area contributed by atoms with E-state index in [1.54, 1.807) is 18.9 Å². The summed E-state index contributed by atoms with van der Waals surface area (Å²) in [6, 6.07) is 4.47. The number of hydrogen-bond donors (Lipinski definition) is 3. The van der Waals surface area contributed by atoms with Crippen molar-refractivity contribution in [1.82, 2.24) is 4.72 Å². The zero-order valence-electron chi connectivity index (χ0n) is 10.7. The van der Waals surface area contributed by atoms with Gasteiger partial charge in [0.2, 0.25) is 10.0 Å². The summed E-state index contributed by atoms with van der Waals surface area (Å²) >= 11 is 0. The van der Waals surface area contributed by atoms with Crippen molar-refractivity contribution < 1.29 is 13.5 Å². The maximum atomic E-state index is 11.7. The summed E-state index contributed by atoms with van der Waals surface area (Å²) in [5.74, 6) is 0. The molecule has 0 heterocycles. The number of hydrogen-bond acceptors (Lipinski definition) is 5. The Morgan fingerprint density at radius 1 is 1.50 bits per heavy atom. The summed E-state index contributed by atoms with van der Waals surface area (Å²) in [4.78, 5) is 1.86. The van der Waals surface area contributed by atoms with Crippen molar-refractivity contribution in [1.29, 1.82) is 0 Å². The molecule has 0 saturated heterocycles. The first-order chi connectivity index (χ1) is 8.27. The second-order valence-corrected chi connectivity index (χ2v) is 6.04. The fraction of sp³-hybridized carbons (Fsp3) is 0.455. The van der Waals surface area contributed by atoms with Crippen LogP contribution in [0.4, 0.5) is 11.4 Å². The number of nitrogen functional groups attached to an aromatic ring is 1. The molecule has 0 fully saturated rings. The van der Waals surface area contributed by atoms with E-state index in [9.17, 15) is 13.5 Å². The highest BCUT2D eigenvalue weighted by Crippen LogP contribution is 2.25. The molecule has 102 valence electrons. The number of sulfonamides is 1. The summed E-state index contributed by atoms with van der Waals surface area (Å²) in [7, 11) is -0.398. The van der Waals surface area contributed by atoms with Gasteiger partial charge in [0.25, 0.3) is 0 Å². The van der Waals surface area contributed by atoms with Gasteiger partial charge in [0, 0.05) is 13.6 Å². The van der Waals surface area contributed by atoms with Crippen LogP contribution in [-0.2, 0) is 10.0 Å². The highest BCUT2D eigenvalue weighted by Gasteiger charge is 2.15. The first-order valence-corrected chi connectivity index (χ1v) is 6.98. The smallest absolute Gasteiger partial charge is 0.240 e. The predicted molar refractivity (Wildman–Crippen MR) is 72.1 cm³/mol. The molecule has 1 unspecified atom stereocenters. The first-order valence-electron chi connectivity index (χ1n) is 5.50.